The molecule has 1 aromatic heterocycles. The van der Waals surface area contributed by atoms with Crippen LogP contribution in [0, 0.1) is 0 Å². The van der Waals surface area contributed by atoms with Crippen LogP contribution in [-0.2, 0) is 11.2 Å². The molecular formula is C14H16ClN3OS2. The van der Waals surface area contributed by atoms with E-state index in [0.29, 0.717) is 23.0 Å². The highest BCUT2D eigenvalue weighted by Gasteiger charge is 2.08. The van der Waals surface area contributed by atoms with Crippen LogP contribution in [0.4, 0.5) is 5.13 Å². The first-order valence-corrected chi connectivity index (χ1v) is 8.86. The first-order valence-electron chi connectivity index (χ1n) is 6.68. The fourth-order valence-electron chi connectivity index (χ4n) is 1.60. The highest BCUT2D eigenvalue weighted by Crippen LogP contribution is 2.25. The second-order valence-corrected chi connectivity index (χ2v) is 7.15. The van der Waals surface area contributed by atoms with Gasteiger partial charge in [0, 0.05) is 17.2 Å². The van der Waals surface area contributed by atoms with Crippen molar-refractivity contribution in [1.82, 2.24) is 10.2 Å². The van der Waals surface area contributed by atoms with Gasteiger partial charge in [-0.05, 0) is 30.5 Å². The molecule has 0 saturated carbocycles. The molecule has 0 fully saturated rings. The van der Waals surface area contributed by atoms with E-state index in [9.17, 15) is 4.79 Å². The molecule has 1 N–H and O–H groups in total. The standard InChI is InChI=1S/C14H16ClN3OS2/c1-2-9-20-14-18-17-13(21-14)16-12(19)8-5-10-3-6-11(15)7-4-10/h3-4,6-7H,2,5,8-9H2,1H3,(H,16,17,19). The van der Waals surface area contributed by atoms with Crippen LogP contribution in [0.2, 0.25) is 5.02 Å². The zero-order valence-electron chi connectivity index (χ0n) is 11.6. The van der Waals surface area contributed by atoms with Crippen LogP contribution in [-0.4, -0.2) is 21.9 Å². The molecule has 0 spiro atoms. The lowest BCUT2D eigenvalue weighted by Crippen LogP contribution is -2.12. The van der Waals surface area contributed by atoms with E-state index in [1.807, 2.05) is 24.3 Å². The van der Waals surface area contributed by atoms with Gasteiger partial charge in [0.05, 0.1) is 0 Å². The van der Waals surface area contributed by atoms with E-state index in [0.717, 1.165) is 22.1 Å². The fraction of sp³-hybridized carbons (Fsp3) is 0.357. The summed E-state index contributed by atoms with van der Waals surface area (Å²) in [5.74, 6) is 0.965. The number of nitrogens with zero attached hydrogens (tertiary/aromatic N) is 2. The van der Waals surface area contributed by atoms with E-state index < -0.39 is 0 Å². The third-order valence-corrected chi connectivity index (χ3v) is 5.07. The Labute approximate surface area is 137 Å². The predicted molar refractivity (Wildman–Crippen MR) is 89.3 cm³/mol. The number of hydrogen-bond acceptors (Lipinski definition) is 5. The van der Waals surface area contributed by atoms with E-state index in [4.69, 9.17) is 11.6 Å². The topological polar surface area (TPSA) is 54.9 Å². The van der Waals surface area contributed by atoms with Crippen molar-refractivity contribution in [3.05, 3.63) is 34.9 Å². The normalized spacial score (nSPS) is 10.6. The van der Waals surface area contributed by atoms with Crippen molar-refractivity contribution in [3.8, 4) is 0 Å². The maximum Gasteiger partial charge on any atom is 0.226 e. The fourth-order valence-corrected chi connectivity index (χ4v) is 3.42. The van der Waals surface area contributed by atoms with Gasteiger partial charge in [-0.1, -0.05) is 53.8 Å². The van der Waals surface area contributed by atoms with Crippen molar-refractivity contribution in [1.29, 1.82) is 0 Å². The van der Waals surface area contributed by atoms with Crippen molar-refractivity contribution in [2.24, 2.45) is 0 Å². The molecule has 1 aromatic carbocycles. The molecule has 4 nitrogen and oxygen atoms in total. The van der Waals surface area contributed by atoms with E-state index >= 15 is 0 Å². The first-order chi connectivity index (χ1) is 10.2. The summed E-state index contributed by atoms with van der Waals surface area (Å²) in [6.07, 6.45) is 2.19. The molecule has 0 saturated heterocycles. The Morgan fingerprint density at radius 3 is 2.81 bits per heavy atom. The van der Waals surface area contributed by atoms with Gasteiger partial charge in [-0.3, -0.25) is 4.79 Å². The highest BCUT2D eigenvalue weighted by molar-refractivity contribution is 8.01. The number of carbonyl (C=O) groups excluding carboxylic acids is 1. The van der Waals surface area contributed by atoms with Crippen LogP contribution in [0.25, 0.3) is 0 Å². The molecule has 21 heavy (non-hydrogen) atoms. The summed E-state index contributed by atoms with van der Waals surface area (Å²) >= 11 is 8.90. The summed E-state index contributed by atoms with van der Waals surface area (Å²) in [5, 5.41) is 12.1. The van der Waals surface area contributed by atoms with Gasteiger partial charge >= 0.3 is 0 Å². The third kappa shape index (κ3) is 5.65. The van der Waals surface area contributed by atoms with Gasteiger partial charge in [0.15, 0.2) is 4.34 Å². The largest absolute Gasteiger partial charge is 0.300 e. The van der Waals surface area contributed by atoms with Gasteiger partial charge in [-0.2, -0.15) is 0 Å². The number of hydrogen-bond donors (Lipinski definition) is 1. The quantitative estimate of drug-likeness (QED) is 0.603. The highest BCUT2D eigenvalue weighted by atomic mass is 35.5. The lowest BCUT2D eigenvalue weighted by molar-refractivity contribution is -0.116. The summed E-state index contributed by atoms with van der Waals surface area (Å²) in [7, 11) is 0. The molecule has 0 aliphatic rings. The smallest absolute Gasteiger partial charge is 0.226 e. The van der Waals surface area contributed by atoms with E-state index in [2.05, 4.69) is 22.4 Å². The average Bonchev–Trinajstić information content (AvgIpc) is 2.92. The molecule has 0 aliphatic heterocycles. The van der Waals surface area contributed by atoms with Crippen LogP contribution >= 0.6 is 34.7 Å². The number of thioether (sulfide) groups is 1. The molecule has 0 radical (unpaired) electrons. The Morgan fingerprint density at radius 2 is 2.10 bits per heavy atom. The number of nitrogens with one attached hydrogen (secondary N) is 1. The van der Waals surface area contributed by atoms with Crippen molar-refractivity contribution in [3.63, 3.8) is 0 Å². The molecule has 0 unspecified atom stereocenters. The molecule has 2 rings (SSSR count). The number of benzene rings is 1. The maximum atomic E-state index is 11.9. The molecule has 0 bridgehead atoms. The Kier molecular flexibility index (Phi) is 6.48. The van der Waals surface area contributed by atoms with Crippen molar-refractivity contribution < 1.29 is 4.79 Å². The average molecular weight is 342 g/mol. The number of carbonyl (C=O) groups is 1. The van der Waals surface area contributed by atoms with Crippen molar-refractivity contribution in [2.45, 2.75) is 30.5 Å². The number of rotatable bonds is 7. The molecule has 0 atom stereocenters. The second-order valence-electron chi connectivity index (χ2n) is 4.40. The maximum absolute atomic E-state index is 11.9. The molecule has 7 heteroatoms. The molecule has 2 aromatic rings. The van der Waals surface area contributed by atoms with Crippen LogP contribution in [0.1, 0.15) is 25.3 Å². The van der Waals surface area contributed by atoms with Crippen molar-refractivity contribution >= 4 is 45.7 Å². The summed E-state index contributed by atoms with van der Waals surface area (Å²) in [5.41, 5.74) is 1.09. The molecule has 112 valence electrons. The van der Waals surface area contributed by atoms with Gasteiger partial charge in [0.25, 0.3) is 0 Å². The summed E-state index contributed by atoms with van der Waals surface area (Å²) in [6.45, 7) is 2.12. The Morgan fingerprint density at radius 1 is 1.33 bits per heavy atom. The van der Waals surface area contributed by atoms with Gasteiger partial charge in [-0.15, -0.1) is 10.2 Å². The molecule has 0 aliphatic carbocycles. The number of aryl methyl sites for hydroxylation is 1. The lowest BCUT2D eigenvalue weighted by Gasteiger charge is -2.02. The van der Waals surface area contributed by atoms with Gasteiger partial charge in [0.1, 0.15) is 0 Å². The lowest BCUT2D eigenvalue weighted by atomic mass is 10.1. The summed E-state index contributed by atoms with van der Waals surface area (Å²) in [4.78, 5) is 11.9. The number of halogens is 1. The minimum atomic E-state index is -0.0480. The van der Waals surface area contributed by atoms with E-state index in [1.165, 1.54) is 11.3 Å². The van der Waals surface area contributed by atoms with Crippen LogP contribution in [0.3, 0.4) is 0 Å². The third-order valence-electron chi connectivity index (χ3n) is 2.64. The Hall–Kier alpha value is -1.11. The number of amides is 1. The molecule has 1 heterocycles. The second kappa shape index (κ2) is 8.36. The van der Waals surface area contributed by atoms with Crippen LogP contribution < -0.4 is 5.32 Å². The van der Waals surface area contributed by atoms with E-state index in [1.54, 1.807) is 11.8 Å². The zero-order valence-corrected chi connectivity index (χ0v) is 14.0. The first kappa shape index (κ1) is 16.3. The SMILES string of the molecule is CCCSc1nnc(NC(=O)CCc2ccc(Cl)cc2)s1. The van der Waals surface area contributed by atoms with Gasteiger partial charge in [-0.25, -0.2) is 0 Å². The predicted octanol–water partition coefficient (Wildman–Crippen LogP) is 4.26. The Bertz CT molecular complexity index is 586. The molecular weight excluding hydrogens is 326 g/mol. The minimum Gasteiger partial charge on any atom is -0.300 e. The molecule has 1 amide bonds. The zero-order chi connectivity index (χ0) is 15.1. The minimum absolute atomic E-state index is 0.0480. The van der Waals surface area contributed by atoms with Gasteiger partial charge < -0.3 is 5.32 Å². The Balaban J connectivity index is 1.78. The number of aromatic nitrogens is 2. The van der Waals surface area contributed by atoms with Gasteiger partial charge in [0.2, 0.25) is 11.0 Å². The summed E-state index contributed by atoms with van der Waals surface area (Å²) < 4.78 is 0.893. The van der Waals surface area contributed by atoms with Crippen LogP contribution in [0.15, 0.2) is 28.6 Å². The van der Waals surface area contributed by atoms with Crippen molar-refractivity contribution in [2.75, 3.05) is 11.1 Å². The monoisotopic (exact) mass is 341 g/mol. The summed E-state index contributed by atoms with van der Waals surface area (Å²) in [6, 6.07) is 7.52. The number of anilines is 1. The van der Waals surface area contributed by atoms with Crippen LogP contribution in [0.5, 0.6) is 0 Å². The van der Waals surface area contributed by atoms with E-state index in [-0.39, 0.29) is 5.91 Å².